The van der Waals surface area contributed by atoms with Crippen molar-refractivity contribution in [3.05, 3.63) is 18.2 Å². The van der Waals surface area contributed by atoms with Crippen LogP contribution in [0.3, 0.4) is 0 Å². The van der Waals surface area contributed by atoms with E-state index >= 15 is 0 Å². The molecule has 0 spiro atoms. The molecule has 0 N–H and O–H groups in total. The molecule has 1 aliphatic heterocycles. The first kappa shape index (κ1) is 14.1. The third-order valence-electron chi connectivity index (χ3n) is 3.71. The summed E-state index contributed by atoms with van der Waals surface area (Å²) < 4.78 is 7.27. The molecular weight excluding hydrogens is 242 g/mol. The van der Waals surface area contributed by atoms with Gasteiger partial charge in [0.05, 0.1) is 12.5 Å². The van der Waals surface area contributed by atoms with Gasteiger partial charge in [-0.25, -0.2) is 4.98 Å². The van der Waals surface area contributed by atoms with E-state index in [1.54, 1.807) is 0 Å². The number of hydrogen-bond acceptors (Lipinski definition) is 4. The Hall–Kier alpha value is -1.36. The van der Waals surface area contributed by atoms with E-state index in [0.29, 0.717) is 6.61 Å². The molecule has 0 unspecified atom stereocenters. The molecule has 0 radical (unpaired) electrons. The Balaban J connectivity index is 1.81. The molecule has 1 atom stereocenters. The van der Waals surface area contributed by atoms with Gasteiger partial charge in [-0.05, 0) is 33.2 Å². The third kappa shape index (κ3) is 3.80. The fourth-order valence-corrected chi connectivity index (χ4v) is 2.60. The highest BCUT2D eigenvalue weighted by atomic mass is 16.5. The molecule has 0 saturated carbocycles. The zero-order chi connectivity index (χ0) is 13.7. The molecule has 1 saturated heterocycles. The van der Waals surface area contributed by atoms with Gasteiger partial charge in [-0.1, -0.05) is 0 Å². The second kappa shape index (κ2) is 6.70. The second-order valence-electron chi connectivity index (χ2n) is 5.06. The number of likely N-dealkylation sites (tertiary alicyclic amines) is 1. The quantitative estimate of drug-likeness (QED) is 0.756. The number of aromatic nitrogens is 2. The van der Waals surface area contributed by atoms with Crippen molar-refractivity contribution < 1.29 is 9.53 Å². The lowest BCUT2D eigenvalue weighted by Crippen LogP contribution is -2.40. The smallest absolute Gasteiger partial charge is 0.310 e. The van der Waals surface area contributed by atoms with Gasteiger partial charge in [-0.15, -0.1) is 0 Å². The van der Waals surface area contributed by atoms with Gasteiger partial charge in [-0.3, -0.25) is 4.79 Å². The number of piperidine rings is 1. The number of nitrogens with zero attached hydrogens (tertiary/aromatic N) is 3. The monoisotopic (exact) mass is 265 g/mol. The molecule has 0 amide bonds. The first-order valence-corrected chi connectivity index (χ1v) is 7.07. The summed E-state index contributed by atoms with van der Waals surface area (Å²) in [6, 6.07) is 0. The van der Waals surface area contributed by atoms with Crippen LogP contribution in [0.15, 0.2) is 12.4 Å². The van der Waals surface area contributed by atoms with Crippen LogP contribution in [0.4, 0.5) is 0 Å². The SMILES string of the molecule is CCOC(=O)[C@@H]1CCCN(CCn2ccnc2C)C1. The summed E-state index contributed by atoms with van der Waals surface area (Å²) in [7, 11) is 0. The largest absolute Gasteiger partial charge is 0.466 e. The number of ether oxygens (including phenoxy) is 1. The van der Waals surface area contributed by atoms with Crippen molar-refractivity contribution in [1.29, 1.82) is 0 Å². The molecule has 2 heterocycles. The predicted molar refractivity (Wildman–Crippen MR) is 72.8 cm³/mol. The first-order valence-electron chi connectivity index (χ1n) is 7.07. The average Bonchev–Trinajstić information content (AvgIpc) is 2.82. The van der Waals surface area contributed by atoms with Crippen LogP contribution in [0.2, 0.25) is 0 Å². The van der Waals surface area contributed by atoms with Crippen molar-refractivity contribution in [2.45, 2.75) is 33.2 Å². The Morgan fingerprint density at radius 3 is 3.05 bits per heavy atom. The molecule has 5 heteroatoms. The third-order valence-corrected chi connectivity index (χ3v) is 3.71. The van der Waals surface area contributed by atoms with Crippen molar-refractivity contribution in [3.8, 4) is 0 Å². The van der Waals surface area contributed by atoms with Gasteiger partial charge in [0.1, 0.15) is 5.82 Å². The second-order valence-corrected chi connectivity index (χ2v) is 5.06. The van der Waals surface area contributed by atoms with E-state index in [9.17, 15) is 4.79 Å². The molecule has 19 heavy (non-hydrogen) atoms. The number of aryl methyl sites for hydroxylation is 1. The van der Waals surface area contributed by atoms with Gasteiger partial charge >= 0.3 is 5.97 Å². The van der Waals surface area contributed by atoms with Gasteiger partial charge in [0.15, 0.2) is 0 Å². The zero-order valence-corrected chi connectivity index (χ0v) is 11.8. The van der Waals surface area contributed by atoms with Crippen molar-refractivity contribution in [2.75, 3.05) is 26.2 Å². The van der Waals surface area contributed by atoms with Gasteiger partial charge < -0.3 is 14.2 Å². The highest BCUT2D eigenvalue weighted by Crippen LogP contribution is 2.17. The summed E-state index contributed by atoms with van der Waals surface area (Å²) in [6.45, 7) is 8.15. The number of carbonyl (C=O) groups excluding carboxylic acids is 1. The minimum atomic E-state index is -0.0361. The van der Waals surface area contributed by atoms with Crippen molar-refractivity contribution in [2.24, 2.45) is 5.92 Å². The molecule has 1 aliphatic rings. The van der Waals surface area contributed by atoms with Crippen molar-refractivity contribution >= 4 is 5.97 Å². The van der Waals surface area contributed by atoms with Gasteiger partial charge in [-0.2, -0.15) is 0 Å². The Morgan fingerprint density at radius 2 is 2.37 bits per heavy atom. The summed E-state index contributed by atoms with van der Waals surface area (Å²) in [6.07, 6.45) is 5.86. The molecule has 2 rings (SSSR count). The van der Waals surface area contributed by atoms with Crippen LogP contribution in [0.25, 0.3) is 0 Å². The minimum absolute atomic E-state index is 0.0361. The van der Waals surface area contributed by atoms with Crippen LogP contribution in [-0.2, 0) is 16.1 Å². The first-order chi connectivity index (χ1) is 9.20. The number of hydrogen-bond donors (Lipinski definition) is 0. The number of carbonyl (C=O) groups is 1. The van der Waals surface area contributed by atoms with E-state index in [2.05, 4.69) is 14.5 Å². The molecule has 5 nitrogen and oxygen atoms in total. The molecule has 106 valence electrons. The van der Waals surface area contributed by atoms with Gasteiger partial charge in [0.2, 0.25) is 0 Å². The lowest BCUT2D eigenvalue weighted by atomic mass is 9.98. The van der Waals surface area contributed by atoms with E-state index < -0.39 is 0 Å². The van der Waals surface area contributed by atoms with E-state index in [0.717, 1.165) is 44.8 Å². The number of imidazole rings is 1. The van der Waals surface area contributed by atoms with E-state index in [4.69, 9.17) is 4.74 Å². The van der Waals surface area contributed by atoms with Crippen molar-refractivity contribution in [3.63, 3.8) is 0 Å². The maximum absolute atomic E-state index is 11.8. The Bertz CT molecular complexity index is 417. The van der Waals surface area contributed by atoms with Crippen LogP contribution in [0, 0.1) is 12.8 Å². The van der Waals surface area contributed by atoms with Crippen LogP contribution >= 0.6 is 0 Å². The standard InChI is InChI=1S/C14H23N3O2/c1-3-19-14(18)13-5-4-7-16(11-13)9-10-17-8-6-15-12(17)2/h6,8,13H,3-5,7,9-11H2,1-2H3/t13-/m1/s1. The molecule has 1 aromatic rings. The fraction of sp³-hybridized carbons (Fsp3) is 0.714. The Morgan fingerprint density at radius 1 is 1.53 bits per heavy atom. The Kier molecular flexibility index (Phi) is 4.96. The van der Waals surface area contributed by atoms with E-state index in [1.165, 1.54) is 0 Å². The number of rotatable bonds is 5. The topological polar surface area (TPSA) is 47.4 Å². The summed E-state index contributed by atoms with van der Waals surface area (Å²) in [5, 5.41) is 0. The molecule has 0 aromatic carbocycles. The van der Waals surface area contributed by atoms with Crippen molar-refractivity contribution in [1.82, 2.24) is 14.5 Å². The molecule has 0 aliphatic carbocycles. The molecule has 0 bridgehead atoms. The van der Waals surface area contributed by atoms with Crippen LogP contribution in [0.1, 0.15) is 25.6 Å². The highest BCUT2D eigenvalue weighted by molar-refractivity contribution is 5.72. The van der Waals surface area contributed by atoms with Gasteiger partial charge in [0, 0.05) is 32.0 Å². The van der Waals surface area contributed by atoms with Crippen LogP contribution in [0.5, 0.6) is 0 Å². The highest BCUT2D eigenvalue weighted by Gasteiger charge is 2.26. The van der Waals surface area contributed by atoms with Gasteiger partial charge in [0.25, 0.3) is 0 Å². The maximum Gasteiger partial charge on any atom is 0.310 e. The lowest BCUT2D eigenvalue weighted by Gasteiger charge is -2.31. The minimum Gasteiger partial charge on any atom is -0.466 e. The van der Waals surface area contributed by atoms with E-state index in [1.807, 2.05) is 26.2 Å². The molecule has 1 fully saturated rings. The fourth-order valence-electron chi connectivity index (χ4n) is 2.60. The average molecular weight is 265 g/mol. The summed E-state index contributed by atoms with van der Waals surface area (Å²) in [5.74, 6) is 1.06. The summed E-state index contributed by atoms with van der Waals surface area (Å²) in [4.78, 5) is 18.3. The van der Waals surface area contributed by atoms with Crippen LogP contribution < -0.4 is 0 Å². The normalized spacial score (nSPS) is 20.4. The summed E-state index contributed by atoms with van der Waals surface area (Å²) >= 11 is 0. The number of esters is 1. The zero-order valence-electron chi connectivity index (χ0n) is 11.8. The van der Waals surface area contributed by atoms with Crippen LogP contribution in [-0.4, -0.2) is 46.7 Å². The predicted octanol–water partition coefficient (Wildman–Crippen LogP) is 1.47. The maximum atomic E-state index is 11.8. The lowest BCUT2D eigenvalue weighted by molar-refractivity contribution is -0.149. The summed E-state index contributed by atoms with van der Waals surface area (Å²) in [5.41, 5.74) is 0. The molecule has 1 aromatic heterocycles. The Labute approximate surface area is 114 Å². The molecular formula is C14H23N3O2. The van der Waals surface area contributed by atoms with E-state index in [-0.39, 0.29) is 11.9 Å².